The van der Waals surface area contributed by atoms with Gasteiger partial charge >= 0.3 is 0 Å². The number of anilines is 4. The number of fused-ring (bicyclic) bond motifs is 18. The van der Waals surface area contributed by atoms with Crippen LogP contribution >= 0.6 is 0 Å². The van der Waals surface area contributed by atoms with Gasteiger partial charge in [-0.15, -0.1) is 0 Å². The van der Waals surface area contributed by atoms with Crippen molar-refractivity contribution in [2.45, 2.75) is 170 Å². The Hall–Kier alpha value is -7.48. The van der Waals surface area contributed by atoms with Crippen molar-refractivity contribution in [3.05, 3.63) is 212 Å². The topological polar surface area (TPSA) is 34.9 Å². The minimum absolute atomic E-state index is 0.405. The third-order valence-electron chi connectivity index (χ3n) is 26.0. The van der Waals surface area contributed by atoms with Crippen LogP contribution < -0.4 is 24.9 Å². The highest BCUT2D eigenvalue weighted by Gasteiger charge is 2.62. The molecular weight excluding hydrogens is 1090 g/mol. The highest BCUT2D eigenvalue weighted by Crippen LogP contribution is 2.63. The van der Waals surface area contributed by atoms with Crippen LogP contribution in [0.2, 0.25) is 0 Å². The number of hydrogen-bond acceptors (Lipinski definition) is 5. The largest absolute Gasteiger partial charge is 0.361 e. The number of nitrogens with one attached hydrogen (secondary N) is 1. The predicted molar refractivity (Wildman–Crippen MR) is 374 cm³/mol. The van der Waals surface area contributed by atoms with E-state index in [9.17, 15) is 0 Å². The third-order valence-corrected chi connectivity index (χ3v) is 26.0. The molecule has 17 unspecified atom stereocenters. The lowest BCUT2D eigenvalue weighted by molar-refractivity contribution is -0.0824. The number of benzene rings is 8. The lowest BCUT2D eigenvalue weighted by atomic mass is 9.48. The molecular formula is C83H89N7. The van der Waals surface area contributed by atoms with E-state index < -0.39 is 0 Å². The Morgan fingerprint density at radius 3 is 1.14 bits per heavy atom. The van der Waals surface area contributed by atoms with E-state index in [-0.39, 0.29) is 0 Å². The summed E-state index contributed by atoms with van der Waals surface area (Å²) in [6.45, 7) is 1.15. The van der Waals surface area contributed by atoms with Crippen molar-refractivity contribution in [3.8, 4) is 5.69 Å². The van der Waals surface area contributed by atoms with Crippen molar-refractivity contribution in [2.24, 2.45) is 41.4 Å². The van der Waals surface area contributed by atoms with E-state index in [0.717, 1.165) is 6.54 Å². The predicted octanol–water partition coefficient (Wildman–Crippen LogP) is 18.4. The van der Waals surface area contributed by atoms with Crippen LogP contribution in [-0.4, -0.2) is 70.1 Å². The zero-order valence-corrected chi connectivity index (χ0v) is 52.4. The minimum atomic E-state index is 0.405. The second-order valence-electron chi connectivity index (χ2n) is 29.7. The number of rotatable bonds is 6. The van der Waals surface area contributed by atoms with Gasteiger partial charge in [0.2, 0.25) is 0 Å². The number of piperidine rings is 1. The summed E-state index contributed by atoms with van der Waals surface area (Å²) in [4.78, 5) is 12.4. The molecule has 0 bridgehead atoms. The van der Waals surface area contributed by atoms with Crippen molar-refractivity contribution < 1.29 is 0 Å². The standard InChI is InChI=1S/C83H89N7/c1-5-24-54(25-6-1)85-75-39-19-20-40-76(75)86(55-26-7-2-8-27-55)80-51-67-64-35-23-47-84-83(64)70-53-82-81(87(56-28-9-3-10-29-56)77-41-21-22-42-78(77)88(82)57-30-11-4-12-31-57)52-68(70)65-48-58(43-45-60(65)66(67)50-79(80)85)90-73-38-18-15-34-63(73)69-49-59(44-46-74(69)90)89-71-36-16-13-32-61(71)62-33-14-17-37-72(62)89/h1-18,24-34,36-38,44,46,49,58,60,64-68,70,75-84H,19-23,35,39-43,45,47-48,50-53H2. The Morgan fingerprint density at radius 1 is 0.267 bits per heavy atom. The average molecular weight is 1180 g/mol. The fourth-order valence-corrected chi connectivity index (χ4v) is 23.0. The summed E-state index contributed by atoms with van der Waals surface area (Å²) in [5.41, 5.74) is 12.5. The average Bonchev–Trinajstić information content (AvgIpc) is 0.827. The monoisotopic (exact) mass is 1180 g/mol. The van der Waals surface area contributed by atoms with E-state index in [1.165, 1.54) is 181 Å². The molecule has 3 aliphatic heterocycles. The summed E-state index contributed by atoms with van der Waals surface area (Å²) in [7, 11) is 0. The Bertz CT molecular complexity index is 4110. The molecule has 5 heterocycles. The molecule has 0 spiro atoms. The van der Waals surface area contributed by atoms with Gasteiger partial charge in [0.25, 0.3) is 0 Å². The first-order valence-corrected chi connectivity index (χ1v) is 35.8. The van der Waals surface area contributed by atoms with Crippen LogP contribution in [0.4, 0.5) is 22.7 Å². The van der Waals surface area contributed by atoms with E-state index in [0.29, 0.717) is 102 Å². The summed E-state index contributed by atoms with van der Waals surface area (Å²) in [5.74, 6) is 4.48. The Morgan fingerprint density at radius 2 is 0.656 bits per heavy atom. The fraction of sp³-hybridized carbons (Fsp3) is 0.422. The van der Waals surface area contributed by atoms with Crippen molar-refractivity contribution in [1.29, 1.82) is 0 Å². The molecule has 6 saturated carbocycles. The first-order valence-electron chi connectivity index (χ1n) is 35.8. The zero-order valence-electron chi connectivity index (χ0n) is 52.4. The summed E-state index contributed by atoms with van der Waals surface area (Å²) >= 11 is 0. The summed E-state index contributed by atoms with van der Waals surface area (Å²) in [6.07, 6.45) is 22.1. The van der Waals surface area contributed by atoms with Crippen LogP contribution in [-0.2, 0) is 0 Å². The smallest absolute Gasteiger partial charge is 0.0541 e. The van der Waals surface area contributed by atoms with Crippen LogP contribution in [0.1, 0.15) is 115 Å². The summed E-state index contributed by atoms with van der Waals surface area (Å²) in [5, 5.41) is 10.0. The van der Waals surface area contributed by atoms with Gasteiger partial charge < -0.3 is 34.1 Å². The molecule has 17 atom stereocenters. The maximum absolute atomic E-state index is 4.62. The van der Waals surface area contributed by atoms with E-state index in [4.69, 9.17) is 0 Å². The summed E-state index contributed by atoms with van der Waals surface area (Å²) < 4.78 is 5.45. The van der Waals surface area contributed by atoms with Gasteiger partial charge in [0, 0.05) is 97.3 Å². The van der Waals surface area contributed by atoms with E-state index in [1.807, 2.05) is 0 Å². The zero-order chi connectivity index (χ0) is 59.0. The van der Waals surface area contributed by atoms with Gasteiger partial charge in [0.1, 0.15) is 0 Å². The van der Waals surface area contributed by atoms with Crippen LogP contribution in [0.25, 0.3) is 49.3 Å². The molecule has 8 aromatic carbocycles. The lowest BCUT2D eigenvalue weighted by Crippen LogP contribution is -2.74. The van der Waals surface area contributed by atoms with Gasteiger partial charge in [-0.3, -0.25) is 0 Å². The van der Waals surface area contributed by atoms with Crippen molar-refractivity contribution >= 4 is 66.4 Å². The van der Waals surface area contributed by atoms with Gasteiger partial charge in [0.15, 0.2) is 0 Å². The second kappa shape index (κ2) is 22.1. The molecule has 0 amide bonds. The molecule has 2 aromatic heterocycles. The van der Waals surface area contributed by atoms with Crippen molar-refractivity contribution in [3.63, 3.8) is 0 Å². The second-order valence-corrected chi connectivity index (χ2v) is 29.7. The van der Waals surface area contributed by atoms with E-state index in [1.54, 1.807) is 0 Å². The Balaban J connectivity index is 0.785. The van der Waals surface area contributed by atoms with Gasteiger partial charge in [-0.25, -0.2) is 0 Å². The fourth-order valence-electron chi connectivity index (χ4n) is 23.0. The quantitative estimate of drug-likeness (QED) is 0.168. The maximum Gasteiger partial charge on any atom is 0.0541 e. The number of para-hydroxylation sites is 7. The van der Waals surface area contributed by atoms with Crippen LogP contribution in [0.15, 0.2) is 212 Å². The molecule has 9 fully saturated rings. The Labute approximate surface area is 533 Å². The molecule has 6 aliphatic carbocycles. The van der Waals surface area contributed by atoms with Crippen LogP contribution in [0.3, 0.4) is 0 Å². The minimum Gasteiger partial charge on any atom is -0.361 e. The molecule has 1 N–H and O–H groups in total. The maximum atomic E-state index is 4.62. The molecule has 10 aromatic rings. The number of nitrogens with zero attached hydrogens (tertiary/aromatic N) is 6. The molecule has 90 heavy (non-hydrogen) atoms. The number of hydrogen-bond donors (Lipinski definition) is 1. The molecule has 19 rings (SSSR count). The highest BCUT2D eigenvalue weighted by atomic mass is 15.4. The van der Waals surface area contributed by atoms with E-state index in [2.05, 4.69) is 246 Å². The van der Waals surface area contributed by atoms with Crippen molar-refractivity contribution in [1.82, 2.24) is 14.5 Å². The summed E-state index contributed by atoms with van der Waals surface area (Å²) in [6, 6.07) is 87.7. The number of piperazine rings is 2. The first kappa shape index (κ1) is 54.3. The molecule has 3 saturated heterocycles. The molecule has 7 heteroatoms. The van der Waals surface area contributed by atoms with Gasteiger partial charge in [-0.05, 0) is 216 Å². The number of aromatic nitrogens is 2. The molecule has 0 radical (unpaired) electrons. The third kappa shape index (κ3) is 8.52. The van der Waals surface area contributed by atoms with Crippen molar-refractivity contribution in [2.75, 3.05) is 26.1 Å². The van der Waals surface area contributed by atoms with Gasteiger partial charge in [0.05, 0.1) is 35.2 Å². The highest BCUT2D eigenvalue weighted by molar-refractivity contribution is 6.11. The first-order chi connectivity index (χ1) is 44.7. The van der Waals surface area contributed by atoms with E-state index >= 15 is 0 Å². The van der Waals surface area contributed by atoms with Crippen LogP contribution in [0.5, 0.6) is 0 Å². The Kier molecular flexibility index (Phi) is 13.3. The SMILES string of the molecule is c1ccc(N2C3CCCCC3N(c3ccccc3)C3CC4C(CC32)C2CCC(n3c5ccccc5c5cc(-n6c7ccccc7c7ccccc76)ccc53)CC2C2CC3C(CC2C2NCCCC42)N(c2ccccc2)C2CCCCC2N3c2ccccc2)cc1. The van der Waals surface area contributed by atoms with Gasteiger partial charge in [-0.1, -0.05) is 153 Å². The molecule has 7 nitrogen and oxygen atoms in total. The van der Waals surface area contributed by atoms with Gasteiger partial charge in [-0.2, -0.15) is 0 Å². The normalized spacial score (nSPS) is 33.2. The molecule has 9 aliphatic rings. The van der Waals surface area contributed by atoms with Crippen LogP contribution in [0, 0.1) is 41.4 Å². The lowest BCUT2D eigenvalue weighted by Gasteiger charge is -2.67. The molecule has 456 valence electrons.